The Morgan fingerprint density at radius 2 is 1.89 bits per heavy atom. The average Bonchev–Trinajstić information content (AvgIpc) is 2.85. The van der Waals surface area contributed by atoms with Crippen molar-refractivity contribution in [3.05, 3.63) is 52.2 Å². The summed E-state index contributed by atoms with van der Waals surface area (Å²) < 4.78 is 0. The standard InChI is InChI=1S/C17H22Si/c1-4-13-9-7-12-17(15(13)6-3)18-16-11-8-10-14(16)5-2/h7-10,12H,4-6,11H2,1-3H3. The van der Waals surface area contributed by atoms with E-state index < -0.39 is 0 Å². The molecule has 0 heterocycles. The largest absolute Gasteiger partial charge is 0.117 e. The molecule has 1 aliphatic carbocycles. The summed E-state index contributed by atoms with van der Waals surface area (Å²) in [5.41, 5.74) is 4.69. The van der Waals surface area contributed by atoms with Gasteiger partial charge in [-0.1, -0.05) is 67.1 Å². The summed E-state index contributed by atoms with van der Waals surface area (Å²) in [6, 6.07) is 6.85. The Kier molecular flexibility index (Phi) is 4.59. The summed E-state index contributed by atoms with van der Waals surface area (Å²) >= 11 is 0. The molecule has 1 heteroatoms. The summed E-state index contributed by atoms with van der Waals surface area (Å²) in [5, 5.41) is 3.22. The minimum Gasteiger partial charge on any atom is -0.0806 e. The lowest BCUT2D eigenvalue weighted by Gasteiger charge is -2.13. The predicted octanol–water partition coefficient (Wildman–Crippen LogP) is 3.76. The van der Waals surface area contributed by atoms with Crippen LogP contribution in [0.15, 0.2) is 41.1 Å². The molecule has 2 radical (unpaired) electrons. The Labute approximate surface area is 114 Å². The van der Waals surface area contributed by atoms with Gasteiger partial charge in [0.2, 0.25) is 0 Å². The van der Waals surface area contributed by atoms with E-state index in [1.165, 1.54) is 18.4 Å². The van der Waals surface area contributed by atoms with Gasteiger partial charge < -0.3 is 0 Å². The van der Waals surface area contributed by atoms with Gasteiger partial charge in [0.15, 0.2) is 0 Å². The highest BCUT2D eigenvalue weighted by atomic mass is 28.2. The first kappa shape index (κ1) is 13.4. The smallest absolute Gasteiger partial charge is 0.0806 e. The quantitative estimate of drug-likeness (QED) is 0.702. The third-order valence-electron chi connectivity index (χ3n) is 3.70. The molecule has 18 heavy (non-hydrogen) atoms. The third kappa shape index (κ3) is 2.67. The van der Waals surface area contributed by atoms with Crippen molar-refractivity contribution in [3.8, 4) is 0 Å². The number of benzene rings is 1. The molecule has 0 amide bonds. The second-order valence-corrected chi connectivity index (χ2v) is 6.13. The van der Waals surface area contributed by atoms with Crippen LogP contribution in [0.1, 0.15) is 44.7 Å². The molecule has 0 unspecified atom stereocenters. The van der Waals surface area contributed by atoms with Gasteiger partial charge in [-0.05, 0) is 36.8 Å². The second kappa shape index (κ2) is 6.19. The Bertz CT molecular complexity index is 480. The first-order chi connectivity index (χ1) is 8.80. The SMILES string of the molecule is CCC1=C([Si]c2cccc(CC)c2CC)CC=C1. The van der Waals surface area contributed by atoms with E-state index in [1.807, 2.05) is 0 Å². The Morgan fingerprint density at radius 1 is 1.06 bits per heavy atom. The lowest BCUT2D eigenvalue weighted by Crippen LogP contribution is -2.22. The number of rotatable bonds is 5. The van der Waals surface area contributed by atoms with Crippen LogP contribution in [0.5, 0.6) is 0 Å². The van der Waals surface area contributed by atoms with Gasteiger partial charge in [-0.15, -0.1) is 0 Å². The maximum Gasteiger partial charge on any atom is 0.117 e. The van der Waals surface area contributed by atoms with E-state index in [1.54, 1.807) is 21.5 Å². The Morgan fingerprint density at radius 3 is 2.56 bits per heavy atom. The van der Waals surface area contributed by atoms with Crippen LogP contribution < -0.4 is 5.19 Å². The van der Waals surface area contributed by atoms with Gasteiger partial charge in [-0.3, -0.25) is 0 Å². The number of aryl methyl sites for hydroxylation is 1. The van der Waals surface area contributed by atoms with Crippen LogP contribution in [-0.4, -0.2) is 9.52 Å². The Hall–Kier alpha value is -1.08. The summed E-state index contributed by atoms with van der Waals surface area (Å²) in [4.78, 5) is 0. The highest BCUT2D eigenvalue weighted by molar-refractivity contribution is 6.62. The number of allylic oxidation sites excluding steroid dienone is 4. The zero-order valence-electron chi connectivity index (χ0n) is 11.7. The molecular weight excluding hydrogens is 232 g/mol. The molecule has 0 fully saturated rings. The predicted molar refractivity (Wildman–Crippen MR) is 81.7 cm³/mol. The fraction of sp³-hybridized carbons (Fsp3) is 0.412. The van der Waals surface area contributed by atoms with Gasteiger partial charge >= 0.3 is 0 Å². The van der Waals surface area contributed by atoms with E-state index in [0.29, 0.717) is 0 Å². The first-order valence-electron chi connectivity index (χ1n) is 7.06. The minimum atomic E-state index is 0.867. The maximum absolute atomic E-state index is 2.33. The van der Waals surface area contributed by atoms with Crippen molar-refractivity contribution in [3.63, 3.8) is 0 Å². The molecule has 0 nitrogen and oxygen atoms in total. The molecular formula is C17H22Si. The topological polar surface area (TPSA) is 0 Å². The molecule has 2 rings (SSSR count). The van der Waals surface area contributed by atoms with Crippen molar-refractivity contribution in [2.24, 2.45) is 0 Å². The lowest BCUT2D eigenvalue weighted by molar-refractivity contribution is 1.05. The van der Waals surface area contributed by atoms with E-state index in [2.05, 4.69) is 51.1 Å². The zero-order valence-corrected chi connectivity index (χ0v) is 12.7. The first-order valence-corrected chi connectivity index (χ1v) is 8.06. The van der Waals surface area contributed by atoms with Crippen LogP contribution >= 0.6 is 0 Å². The van der Waals surface area contributed by atoms with Crippen LogP contribution in [0.25, 0.3) is 0 Å². The van der Waals surface area contributed by atoms with Crippen molar-refractivity contribution in [1.29, 1.82) is 0 Å². The summed E-state index contributed by atoms with van der Waals surface area (Å²) in [6.45, 7) is 6.80. The normalized spacial score (nSPS) is 14.6. The summed E-state index contributed by atoms with van der Waals surface area (Å²) in [6.07, 6.45) is 9.29. The number of hydrogen-bond donors (Lipinski definition) is 0. The van der Waals surface area contributed by atoms with E-state index >= 15 is 0 Å². The molecule has 1 aromatic rings. The lowest BCUT2D eigenvalue weighted by atomic mass is 10.0. The molecule has 0 N–H and O–H groups in total. The fourth-order valence-corrected chi connectivity index (χ4v) is 4.31. The summed E-state index contributed by atoms with van der Waals surface area (Å²) in [5.74, 6) is 0. The van der Waals surface area contributed by atoms with Crippen molar-refractivity contribution in [1.82, 2.24) is 0 Å². The molecule has 0 spiro atoms. The van der Waals surface area contributed by atoms with Gasteiger partial charge in [0.25, 0.3) is 0 Å². The highest BCUT2D eigenvalue weighted by Crippen LogP contribution is 2.21. The van der Waals surface area contributed by atoms with E-state index in [-0.39, 0.29) is 0 Å². The van der Waals surface area contributed by atoms with Gasteiger partial charge in [0.1, 0.15) is 9.52 Å². The number of hydrogen-bond acceptors (Lipinski definition) is 0. The van der Waals surface area contributed by atoms with Crippen LogP contribution in [-0.2, 0) is 12.8 Å². The molecule has 1 aliphatic rings. The van der Waals surface area contributed by atoms with Gasteiger partial charge in [-0.2, -0.15) is 0 Å². The van der Waals surface area contributed by atoms with E-state index in [9.17, 15) is 0 Å². The molecule has 1 aromatic carbocycles. The van der Waals surface area contributed by atoms with Crippen molar-refractivity contribution in [2.45, 2.75) is 46.5 Å². The van der Waals surface area contributed by atoms with Gasteiger partial charge in [-0.25, -0.2) is 0 Å². The molecule has 0 aromatic heterocycles. The van der Waals surface area contributed by atoms with Crippen LogP contribution in [0.4, 0.5) is 0 Å². The van der Waals surface area contributed by atoms with Crippen molar-refractivity contribution < 1.29 is 0 Å². The van der Waals surface area contributed by atoms with Gasteiger partial charge in [0.05, 0.1) is 0 Å². The fourth-order valence-electron chi connectivity index (χ4n) is 2.68. The third-order valence-corrected chi connectivity index (χ3v) is 5.27. The van der Waals surface area contributed by atoms with E-state index in [4.69, 9.17) is 0 Å². The second-order valence-electron chi connectivity index (χ2n) is 4.74. The molecule has 0 saturated carbocycles. The summed E-state index contributed by atoms with van der Waals surface area (Å²) in [7, 11) is 0.867. The molecule has 94 valence electrons. The average molecular weight is 254 g/mol. The molecule has 0 aliphatic heterocycles. The van der Waals surface area contributed by atoms with Crippen molar-refractivity contribution in [2.75, 3.05) is 0 Å². The molecule has 0 atom stereocenters. The van der Waals surface area contributed by atoms with Gasteiger partial charge in [0, 0.05) is 0 Å². The monoisotopic (exact) mass is 254 g/mol. The zero-order chi connectivity index (χ0) is 13.0. The minimum absolute atomic E-state index is 0.867. The molecule has 0 bridgehead atoms. The maximum atomic E-state index is 2.33. The highest BCUT2D eigenvalue weighted by Gasteiger charge is 2.12. The van der Waals surface area contributed by atoms with Crippen LogP contribution in [0.3, 0.4) is 0 Å². The van der Waals surface area contributed by atoms with Crippen molar-refractivity contribution >= 4 is 14.7 Å². The molecule has 0 saturated heterocycles. The Balaban J connectivity index is 2.30. The van der Waals surface area contributed by atoms with E-state index in [0.717, 1.165) is 22.4 Å². The van der Waals surface area contributed by atoms with Crippen LogP contribution in [0, 0.1) is 0 Å². The van der Waals surface area contributed by atoms with Crippen LogP contribution in [0.2, 0.25) is 0 Å².